The van der Waals surface area contributed by atoms with Gasteiger partial charge < -0.3 is 100 Å². The van der Waals surface area contributed by atoms with Gasteiger partial charge in [0.2, 0.25) is 0 Å². The number of urea groups is 2. The maximum absolute atomic E-state index is 13.2. The molecule has 0 bridgehead atoms. The molecule has 7 rings (SSSR count). The Bertz CT molecular complexity index is 2260. The molecule has 4 amide bonds. The smallest absolute Gasteiger partial charge is 0.319 e. The Morgan fingerprint density at radius 3 is 1.14 bits per heavy atom. The summed E-state index contributed by atoms with van der Waals surface area (Å²) >= 11 is 0. The van der Waals surface area contributed by atoms with E-state index in [2.05, 4.69) is 21.3 Å². The SMILES string of the molecule is O=C(NCc1c2ccccc2c(CNC(=O)Nc2ccc(OCCOCCO[C@@H]3O[C@H](CO)[C@@H](O)[C@H](O)[C@H]3O)cc2)c2ccccc12)Nc1ccc(OCCOCCO[C@@H]2O[C@H](CO)[C@@H](O)[C@H](O)[C@H]2O)cc1. The van der Waals surface area contributed by atoms with Gasteiger partial charge in [0.05, 0.1) is 52.9 Å². The summed E-state index contributed by atoms with van der Waals surface area (Å²) < 4.78 is 43.9. The van der Waals surface area contributed by atoms with Crippen LogP contribution in [0.25, 0.3) is 21.5 Å². The lowest BCUT2D eigenvalue weighted by atomic mass is 9.91. The number of carbonyl (C=O) groups excluding carboxylic acids is 2. The molecular formula is C50H62N4O18. The molecule has 0 aromatic heterocycles. The molecule has 72 heavy (non-hydrogen) atoms. The summed E-state index contributed by atoms with van der Waals surface area (Å²) in [5.74, 6) is 1.10. The minimum atomic E-state index is -1.52. The van der Waals surface area contributed by atoms with Gasteiger partial charge in [0, 0.05) is 24.5 Å². The van der Waals surface area contributed by atoms with Crippen molar-refractivity contribution in [3.63, 3.8) is 0 Å². The fourth-order valence-corrected chi connectivity index (χ4v) is 8.14. The van der Waals surface area contributed by atoms with E-state index in [4.69, 9.17) is 37.9 Å². The second-order valence-electron chi connectivity index (χ2n) is 16.8. The lowest BCUT2D eigenvalue weighted by Gasteiger charge is -2.39. The Hall–Kier alpha value is -5.80. The van der Waals surface area contributed by atoms with Gasteiger partial charge in [-0.15, -0.1) is 0 Å². The lowest BCUT2D eigenvalue weighted by molar-refractivity contribution is -0.302. The van der Waals surface area contributed by atoms with Gasteiger partial charge in [-0.2, -0.15) is 0 Å². The van der Waals surface area contributed by atoms with Crippen LogP contribution < -0.4 is 30.7 Å². The summed E-state index contributed by atoms with van der Waals surface area (Å²) in [6.07, 6.45) is -13.5. The fraction of sp³-hybridized carbons (Fsp3) is 0.440. The molecule has 2 aliphatic rings. The molecule has 2 saturated heterocycles. The monoisotopic (exact) mass is 1010 g/mol. The zero-order valence-corrected chi connectivity index (χ0v) is 39.2. The summed E-state index contributed by atoms with van der Waals surface area (Å²) in [7, 11) is 0. The van der Waals surface area contributed by atoms with Crippen LogP contribution in [0, 0.1) is 0 Å². The third-order valence-electron chi connectivity index (χ3n) is 11.9. The minimum absolute atomic E-state index is 0.0174. The summed E-state index contributed by atoms with van der Waals surface area (Å²) in [6.45, 7) is 0.484. The number of aliphatic hydroxyl groups is 8. The summed E-state index contributed by atoms with van der Waals surface area (Å²) in [6, 6.07) is 28.5. The van der Waals surface area contributed by atoms with Crippen LogP contribution in [0.5, 0.6) is 11.5 Å². The molecule has 0 aliphatic carbocycles. The molecule has 12 N–H and O–H groups in total. The predicted molar refractivity (Wildman–Crippen MR) is 258 cm³/mol. The Balaban J connectivity index is 0.818. The molecule has 2 fully saturated rings. The first-order chi connectivity index (χ1) is 34.9. The van der Waals surface area contributed by atoms with E-state index in [-0.39, 0.29) is 65.9 Å². The number of fused-ring (bicyclic) bond motifs is 2. The van der Waals surface area contributed by atoms with Crippen molar-refractivity contribution in [1.29, 1.82) is 0 Å². The lowest BCUT2D eigenvalue weighted by Crippen LogP contribution is -2.59. The molecule has 390 valence electrons. The molecule has 2 heterocycles. The van der Waals surface area contributed by atoms with Gasteiger partial charge in [0.25, 0.3) is 0 Å². The molecule has 22 heteroatoms. The van der Waals surface area contributed by atoms with Crippen molar-refractivity contribution in [2.45, 2.75) is 74.5 Å². The van der Waals surface area contributed by atoms with Crippen molar-refractivity contribution >= 4 is 45.0 Å². The second-order valence-corrected chi connectivity index (χ2v) is 16.8. The van der Waals surface area contributed by atoms with E-state index >= 15 is 0 Å². The molecule has 5 aromatic rings. The molecular weight excluding hydrogens is 945 g/mol. The van der Waals surface area contributed by atoms with Crippen molar-refractivity contribution < 1.29 is 88.3 Å². The highest BCUT2D eigenvalue weighted by atomic mass is 16.7. The van der Waals surface area contributed by atoms with Crippen molar-refractivity contribution in [3.05, 3.63) is 108 Å². The number of nitrogens with one attached hydrogen (secondary N) is 4. The highest BCUT2D eigenvalue weighted by Crippen LogP contribution is 2.33. The van der Waals surface area contributed by atoms with E-state index in [1.165, 1.54) is 0 Å². The Morgan fingerprint density at radius 2 is 0.792 bits per heavy atom. The van der Waals surface area contributed by atoms with Gasteiger partial charge in [-0.25, -0.2) is 9.59 Å². The standard InChI is InChI=1S/C50H62N4O18/c55-27-39-41(57)43(59)45(61)47(71-39)69-23-19-65-17-21-67-31-13-9-29(10-14-31)53-49(63)51-25-37-33-5-1-2-6-34(33)38(36-8-4-3-7-35(36)37)26-52-50(64)54-30-11-15-32(16-12-30)68-22-18-66-20-24-70-48-46(62)44(60)42(58)40(28-56)72-48/h1-16,39-48,55-62H,17-28H2,(H2,51,53,63)(H2,52,54,64)/t39-,40-,41-,42-,43+,44+,45-,46-,47-,48-/m1/s1. The maximum Gasteiger partial charge on any atom is 0.319 e. The van der Waals surface area contributed by atoms with E-state index < -0.39 is 86.7 Å². The normalized spacial score (nSPS) is 24.2. The first-order valence-electron chi connectivity index (χ1n) is 23.4. The average molecular weight is 1010 g/mol. The molecule has 5 aromatic carbocycles. The van der Waals surface area contributed by atoms with E-state index in [9.17, 15) is 50.4 Å². The number of carbonyl (C=O) groups is 2. The number of aliphatic hydroxyl groups excluding tert-OH is 8. The van der Waals surface area contributed by atoms with Gasteiger partial charge in [0.15, 0.2) is 12.6 Å². The maximum atomic E-state index is 13.2. The third kappa shape index (κ3) is 14.2. The first-order valence-corrected chi connectivity index (χ1v) is 23.4. The van der Waals surface area contributed by atoms with Crippen LogP contribution in [0.3, 0.4) is 0 Å². The topological polar surface area (TPSA) is 318 Å². The van der Waals surface area contributed by atoms with Crippen LogP contribution in [0.2, 0.25) is 0 Å². The minimum Gasteiger partial charge on any atom is -0.491 e. The summed E-state index contributed by atoms with van der Waals surface area (Å²) in [5, 5.41) is 93.7. The van der Waals surface area contributed by atoms with Gasteiger partial charge in [-0.1, -0.05) is 48.5 Å². The number of benzene rings is 5. The number of hydrogen-bond donors (Lipinski definition) is 12. The van der Waals surface area contributed by atoms with Crippen LogP contribution in [0.1, 0.15) is 11.1 Å². The molecule has 10 atom stereocenters. The number of anilines is 2. The Labute approximate surface area is 413 Å². The fourth-order valence-electron chi connectivity index (χ4n) is 8.14. The molecule has 22 nitrogen and oxygen atoms in total. The number of ether oxygens (including phenoxy) is 8. The Morgan fingerprint density at radius 1 is 0.444 bits per heavy atom. The predicted octanol–water partition coefficient (Wildman–Crippen LogP) is 1.06. The van der Waals surface area contributed by atoms with Crippen LogP contribution in [-0.4, -0.2) is 180 Å². The molecule has 0 spiro atoms. The van der Waals surface area contributed by atoms with Crippen LogP contribution in [0.15, 0.2) is 97.1 Å². The second kappa shape index (κ2) is 26.8. The van der Waals surface area contributed by atoms with E-state index in [0.29, 0.717) is 22.9 Å². The average Bonchev–Trinajstić information content (AvgIpc) is 3.39. The first kappa shape index (κ1) is 54.0. The highest BCUT2D eigenvalue weighted by molar-refractivity contribution is 6.06. The number of amides is 4. The van der Waals surface area contributed by atoms with E-state index in [0.717, 1.165) is 32.7 Å². The summed E-state index contributed by atoms with van der Waals surface area (Å²) in [5.41, 5.74) is 2.90. The van der Waals surface area contributed by atoms with Crippen molar-refractivity contribution in [3.8, 4) is 11.5 Å². The number of rotatable bonds is 24. The van der Waals surface area contributed by atoms with Gasteiger partial charge in [-0.05, 0) is 81.2 Å². The highest BCUT2D eigenvalue weighted by Gasteiger charge is 2.45. The largest absolute Gasteiger partial charge is 0.491 e. The van der Waals surface area contributed by atoms with Crippen molar-refractivity contribution in [1.82, 2.24) is 10.6 Å². The van der Waals surface area contributed by atoms with Gasteiger partial charge >= 0.3 is 12.1 Å². The van der Waals surface area contributed by atoms with E-state index in [1.807, 2.05) is 48.5 Å². The van der Waals surface area contributed by atoms with E-state index in [1.54, 1.807) is 48.5 Å². The van der Waals surface area contributed by atoms with Crippen molar-refractivity contribution in [2.75, 3.05) is 76.7 Å². The zero-order chi connectivity index (χ0) is 51.0. The molecule has 2 aliphatic heterocycles. The zero-order valence-electron chi connectivity index (χ0n) is 39.2. The number of hydrogen-bond acceptors (Lipinski definition) is 18. The third-order valence-corrected chi connectivity index (χ3v) is 11.9. The quantitative estimate of drug-likeness (QED) is 0.0304. The van der Waals surface area contributed by atoms with Crippen molar-refractivity contribution in [2.24, 2.45) is 0 Å². The van der Waals surface area contributed by atoms with Crippen LogP contribution >= 0.6 is 0 Å². The van der Waals surface area contributed by atoms with Gasteiger partial charge in [-0.3, -0.25) is 0 Å². The van der Waals surface area contributed by atoms with Crippen LogP contribution in [0.4, 0.5) is 21.0 Å². The Kier molecular flexibility index (Phi) is 20.1. The summed E-state index contributed by atoms with van der Waals surface area (Å²) in [4.78, 5) is 26.3. The molecule has 0 radical (unpaired) electrons. The van der Waals surface area contributed by atoms with Gasteiger partial charge in [0.1, 0.15) is 73.5 Å². The molecule has 0 unspecified atom stereocenters. The molecule has 0 saturated carbocycles. The van der Waals surface area contributed by atoms with Crippen LogP contribution in [-0.2, 0) is 41.5 Å².